The standard InChI is InChI=1S/C24H20F5NO5/c1-30-6-5-11(16(9-30)34-2)17-14(32)8-15(33)18-13(31)7-10(35-24(17)18)3-4-12-19(25)21(27)23(29)22(28)20(12)26/h3-4,7-8,11,16,32-33H,5-6,9H2,1-2H3/b4-3+. The third-order valence-corrected chi connectivity index (χ3v) is 6.11. The maximum Gasteiger partial charge on any atom is 0.200 e. The van der Waals surface area contributed by atoms with Gasteiger partial charge in [-0.25, -0.2) is 22.0 Å². The van der Waals surface area contributed by atoms with Gasteiger partial charge in [-0.3, -0.25) is 4.79 Å². The Morgan fingerprint density at radius 3 is 2.26 bits per heavy atom. The molecule has 1 fully saturated rings. The molecule has 0 saturated carbocycles. The van der Waals surface area contributed by atoms with E-state index in [9.17, 15) is 37.0 Å². The number of phenols is 2. The summed E-state index contributed by atoms with van der Waals surface area (Å²) in [6.45, 7) is 1.14. The fraction of sp³-hybridized carbons (Fsp3) is 0.292. The number of methoxy groups -OCH3 is 1. The van der Waals surface area contributed by atoms with Crippen molar-refractivity contribution < 1.29 is 41.3 Å². The van der Waals surface area contributed by atoms with Gasteiger partial charge in [-0.05, 0) is 32.2 Å². The molecule has 3 aromatic rings. The first kappa shape index (κ1) is 24.7. The summed E-state index contributed by atoms with van der Waals surface area (Å²) >= 11 is 0. The van der Waals surface area contributed by atoms with Crippen LogP contribution in [0.1, 0.15) is 29.2 Å². The van der Waals surface area contributed by atoms with Crippen LogP contribution in [0, 0.1) is 29.1 Å². The Hall–Kier alpha value is -3.44. The van der Waals surface area contributed by atoms with E-state index in [0.29, 0.717) is 25.6 Å². The molecule has 35 heavy (non-hydrogen) atoms. The lowest BCUT2D eigenvalue weighted by molar-refractivity contribution is 0.0228. The Bertz CT molecular complexity index is 1370. The highest BCUT2D eigenvalue weighted by Gasteiger charge is 2.34. The molecule has 2 atom stereocenters. The van der Waals surface area contributed by atoms with E-state index < -0.39 is 57.8 Å². The van der Waals surface area contributed by atoms with Crippen LogP contribution < -0.4 is 5.43 Å². The van der Waals surface area contributed by atoms with Crippen molar-refractivity contribution >= 4 is 23.1 Å². The Labute approximate surface area is 195 Å². The number of halogens is 5. The molecule has 0 spiro atoms. The van der Waals surface area contributed by atoms with Gasteiger partial charge in [0.25, 0.3) is 0 Å². The molecule has 6 nitrogen and oxygen atoms in total. The number of aromatic hydroxyl groups is 2. The van der Waals surface area contributed by atoms with Gasteiger partial charge in [-0.15, -0.1) is 0 Å². The lowest BCUT2D eigenvalue weighted by Gasteiger charge is -2.36. The third-order valence-electron chi connectivity index (χ3n) is 6.11. The normalized spacial score (nSPS) is 19.2. The largest absolute Gasteiger partial charge is 0.507 e. The number of hydrogen-bond donors (Lipinski definition) is 2. The second-order valence-electron chi connectivity index (χ2n) is 8.29. The van der Waals surface area contributed by atoms with Gasteiger partial charge in [0, 0.05) is 37.3 Å². The minimum Gasteiger partial charge on any atom is -0.507 e. The van der Waals surface area contributed by atoms with Crippen molar-refractivity contribution in [1.29, 1.82) is 0 Å². The van der Waals surface area contributed by atoms with Gasteiger partial charge < -0.3 is 24.3 Å². The fourth-order valence-corrected chi connectivity index (χ4v) is 4.35. The summed E-state index contributed by atoms with van der Waals surface area (Å²) in [6.07, 6.45) is 1.55. The van der Waals surface area contributed by atoms with Gasteiger partial charge in [-0.1, -0.05) is 0 Å². The van der Waals surface area contributed by atoms with Crippen LogP contribution in [0.4, 0.5) is 22.0 Å². The number of benzene rings is 2. The predicted molar refractivity (Wildman–Crippen MR) is 117 cm³/mol. The van der Waals surface area contributed by atoms with Crippen LogP contribution in [0.2, 0.25) is 0 Å². The van der Waals surface area contributed by atoms with Crippen molar-refractivity contribution in [3.8, 4) is 11.5 Å². The van der Waals surface area contributed by atoms with Crippen molar-refractivity contribution in [2.75, 3.05) is 27.2 Å². The number of likely N-dealkylation sites (N-methyl/N-ethyl adjacent to an activating group) is 1. The first-order chi connectivity index (χ1) is 16.5. The number of likely N-dealkylation sites (tertiary alicyclic amines) is 1. The zero-order valence-electron chi connectivity index (χ0n) is 18.5. The van der Waals surface area contributed by atoms with Crippen LogP contribution in [0.5, 0.6) is 11.5 Å². The van der Waals surface area contributed by atoms with E-state index in [1.54, 1.807) is 0 Å². The smallest absolute Gasteiger partial charge is 0.200 e. The number of ether oxygens (including phenoxy) is 1. The summed E-state index contributed by atoms with van der Waals surface area (Å²) in [5.74, 6) is -12.3. The van der Waals surface area contributed by atoms with Crippen LogP contribution in [-0.2, 0) is 4.74 Å². The number of nitrogens with zero attached hydrogens (tertiary/aromatic N) is 1. The Morgan fingerprint density at radius 2 is 1.63 bits per heavy atom. The topological polar surface area (TPSA) is 83.1 Å². The van der Waals surface area contributed by atoms with E-state index in [2.05, 4.69) is 0 Å². The molecule has 0 radical (unpaired) electrons. The number of fused-ring (bicyclic) bond motifs is 1. The van der Waals surface area contributed by atoms with Crippen molar-refractivity contribution in [3.05, 3.63) is 68.3 Å². The van der Waals surface area contributed by atoms with Gasteiger partial charge in [-0.2, -0.15) is 0 Å². The van der Waals surface area contributed by atoms with Gasteiger partial charge in [0.1, 0.15) is 28.2 Å². The summed E-state index contributed by atoms with van der Waals surface area (Å²) in [5.41, 5.74) is -1.95. The Morgan fingerprint density at radius 1 is 1.00 bits per heavy atom. The molecule has 1 saturated heterocycles. The molecule has 2 aromatic carbocycles. The first-order valence-electron chi connectivity index (χ1n) is 10.5. The molecule has 11 heteroatoms. The highest BCUT2D eigenvalue weighted by molar-refractivity contribution is 5.89. The lowest BCUT2D eigenvalue weighted by Crippen LogP contribution is -2.41. The molecule has 0 amide bonds. The van der Waals surface area contributed by atoms with Gasteiger partial charge in [0.2, 0.25) is 5.82 Å². The maximum atomic E-state index is 14.0. The highest BCUT2D eigenvalue weighted by Crippen LogP contribution is 2.42. The van der Waals surface area contributed by atoms with Gasteiger partial charge in [0.15, 0.2) is 28.7 Å². The molecule has 1 aliphatic rings. The van der Waals surface area contributed by atoms with E-state index in [1.807, 2.05) is 11.9 Å². The molecule has 186 valence electrons. The second-order valence-corrected chi connectivity index (χ2v) is 8.29. The monoisotopic (exact) mass is 497 g/mol. The molecule has 2 N–H and O–H groups in total. The summed E-state index contributed by atoms with van der Waals surface area (Å²) in [4.78, 5) is 14.8. The number of rotatable bonds is 4. The van der Waals surface area contributed by atoms with E-state index >= 15 is 0 Å². The van der Waals surface area contributed by atoms with Crippen LogP contribution in [-0.4, -0.2) is 48.5 Å². The molecule has 2 unspecified atom stereocenters. The van der Waals surface area contributed by atoms with E-state index in [4.69, 9.17) is 9.15 Å². The number of phenolic OH excluding ortho intramolecular Hbond substituents is 2. The molecule has 4 rings (SSSR count). The number of piperidine rings is 1. The van der Waals surface area contributed by atoms with E-state index in [-0.39, 0.29) is 28.0 Å². The van der Waals surface area contributed by atoms with Crippen molar-refractivity contribution in [2.45, 2.75) is 18.4 Å². The van der Waals surface area contributed by atoms with Crippen LogP contribution in [0.3, 0.4) is 0 Å². The quantitative estimate of drug-likeness (QED) is 0.314. The molecule has 1 aliphatic heterocycles. The minimum absolute atomic E-state index is 0.177. The lowest BCUT2D eigenvalue weighted by atomic mass is 9.85. The van der Waals surface area contributed by atoms with E-state index in [1.165, 1.54) is 7.11 Å². The van der Waals surface area contributed by atoms with Gasteiger partial charge in [0.05, 0.1) is 11.7 Å². The van der Waals surface area contributed by atoms with Crippen LogP contribution in [0.15, 0.2) is 21.3 Å². The van der Waals surface area contributed by atoms with Crippen LogP contribution >= 0.6 is 0 Å². The SMILES string of the molecule is COC1CN(C)CCC1c1c(O)cc(O)c2c(=O)cc(/C=C/c3c(F)c(F)c(F)c(F)c3F)oc12. The summed E-state index contributed by atoms with van der Waals surface area (Å²) in [7, 11) is 3.38. The van der Waals surface area contributed by atoms with Crippen molar-refractivity contribution in [3.63, 3.8) is 0 Å². The third kappa shape index (κ3) is 4.25. The summed E-state index contributed by atoms with van der Waals surface area (Å²) in [6, 6.07) is 1.90. The summed E-state index contributed by atoms with van der Waals surface area (Å²) < 4.78 is 79.6. The minimum atomic E-state index is -2.30. The Kier molecular flexibility index (Phi) is 6.56. The zero-order chi connectivity index (χ0) is 25.6. The molecule has 0 aliphatic carbocycles. The fourth-order valence-electron chi connectivity index (χ4n) is 4.35. The first-order valence-corrected chi connectivity index (χ1v) is 10.5. The maximum absolute atomic E-state index is 14.0. The van der Waals surface area contributed by atoms with Crippen LogP contribution in [0.25, 0.3) is 23.1 Å². The van der Waals surface area contributed by atoms with Crippen molar-refractivity contribution in [2.24, 2.45) is 0 Å². The summed E-state index contributed by atoms with van der Waals surface area (Å²) in [5, 5.41) is 20.7. The molecule has 2 heterocycles. The predicted octanol–water partition coefficient (Wildman–Crippen LogP) is 4.50. The zero-order valence-corrected chi connectivity index (χ0v) is 18.5. The van der Waals surface area contributed by atoms with E-state index in [0.717, 1.165) is 18.2 Å². The number of hydrogen-bond acceptors (Lipinski definition) is 6. The second kappa shape index (κ2) is 9.31. The van der Waals surface area contributed by atoms with Gasteiger partial charge >= 0.3 is 0 Å². The molecular weight excluding hydrogens is 477 g/mol. The molecule has 0 bridgehead atoms. The Balaban J connectivity index is 1.89. The molecular formula is C24H20F5NO5. The average Bonchev–Trinajstić information content (AvgIpc) is 2.81. The average molecular weight is 497 g/mol. The highest BCUT2D eigenvalue weighted by atomic mass is 19.2. The molecule has 1 aromatic heterocycles. The van der Waals surface area contributed by atoms with Crippen molar-refractivity contribution in [1.82, 2.24) is 4.90 Å².